The quantitative estimate of drug-likeness (QED) is 0.585. The zero-order valence-electron chi connectivity index (χ0n) is 11.9. The van der Waals surface area contributed by atoms with Crippen molar-refractivity contribution in [3.05, 3.63) is 0 Å². The standard InChI is InChI=1S/C13H23N3O4/c1-7-3-4-9(5-8(7)2)15-13(20)16-10(12(18)19)6-11(14)17/h7-10H,3-6H2,1-2H3,(H2,14,17)(H,18,19)(H2,15,16,20)/t7?,8?,9?,10-/m0/s1. The van der Waals surface area contributed by atoms with Crippen molar-refractivity contribution in [3.63, 3.8) is 0 Å². The predicted molar refractivity (Wildman–Crippen MR) is 72.9 cm³/mol. The van der Waals surface area contributed by atoms with Gasteiger partial charge in [0, 0.05) is 6.04 Å². The minimum atomic E-state index is -1.28. The highest BCUT2D eigenvalue weighted by molar-refractivity contribution is 5.87. The molecule has 5 N–H and O–H groups in total. The van der Waals surface area contributed by atoms with Crippen molar-refractivity contribution >= 4 is 17.9 Å². The molecule has 1 aliphatic rings. The molecule has 0 saturated heterocycles. The average Bonchev–Trinajstić information content (AvgIpc) is 2.32. The van der Waals surface area contributed by atoms with Crippen LogP contribution in [0.2, 0.25) is 0 Å². The van der Waals surface area contributed by atoms with Crippen LogP contribution in [0.5, 0.6) is 0 Å². The lowest BCUT2D eigenvalue weighted by molar-refractivity contribution is -0.140. The number of nitrogens with one attached hydrogen (secondary N) is 2. The van der Waals surface area contributed by atoms with Gasteiger partial charge in [-0.25, -0.2) is 9.59 Å². The Morgan fingerprint density at radius 3 is 2.40 bits per heavy atom. The Morgan fingerprint density at radius 2 is 1.90 bits per heavy atom. The van der Waals surface area contributed by atoms with Crippen molar-refractivity contribution < 1.29 is 19.5 Å². The number of carboxylic acids is 1. The summed E-state index contributed by atoms with van der Waals surface area (Å²) in [7, 11) is 0. The summed E-state index contributed by atoms with van der Waals surface area (Å²) in [5.74, 6) is -0.880. The van der Waals surface area contributed by atoms with Crippen molar-refractivity contribution in [1.29, 1.82) is 0 Å². The van der Waals surface area contributed by atoms with E-state index in [1.807, 2.05) is 0 Å². The summed E-state index contributed by atoms with van der Waals surface area (Å²) in [6.45, 7) is 4.33. The Labute approximate surface area is 118 Å². The Bertz CT molecular complexity index is 386. The number of nitrogens with two attached hydrogens (primary N) is 1. The lowest BCUT2D eigenvalue weighted by Crippen LogP contribution is -2.51. The normalized spacial score (nSPS) is 27.4. The van der Waals surface area contributed by atoms with Gasteiger partial charge in [0.2, 0.25) is 5.91 Å². The van der Waals surface area contributed by atoms with Gasteiger partial charge in [-0.2, -0.15) is 0 Å². The van der Waals surface area contributed by atoms with Crippen LogP contribution in [0.15, 0.2) is 0 Å². The molecule has 0 aromatic rings. The summed E-state index contributed by atoms with van der Waals surface area (Å²) in [5, 5.41) is 13.9. The summed E-state index contributed by atoms with van der Waals surface area (Å²) in [5.41, 5.74) is 4.95. The van der Waals surface area contributed by atoms with Crippen LogP contribution in [0.25, 0.3) is 0 Å². The molecular formula is C13H23N3O4. The molecule has 0 heterocycles. The molecule has 114 valence electrons. The van der Waals surface area contributed by atoms with E-state index < -0.39 is 30.4 Å². The smallest absolute Gasteiger partial charge is 0.326 e. The molecule has 0 aromatic carbocycles. The fourth-order valence-electron chi connectivity index (χ4n) is 2.47. The monoisotopic (exact) mass is 285 g/mol. The largest absolute Gasteiger partial charge is 0.480 e. The van der Waals surface area contributed by atoms with Gasteiger partial charge in [-0.3, -0.25) is 4.79 Å². The summed E-state index contributed by atoms with van der Waals surface area (Å²) in [6.07, 6.45) is 2.38. The number of hydrogen-bond donors (Lipinski definition) is 4. The van der Waals surface area contributed by atoms with E-state index in [9.17, 15) is 14.4 Å². The number of aliphatic carboxylic acids is 1. The first-order chi connectivity index (χ1) is 9.29. The first-order valence-electron chi connectivity index (χ1n) is 6.87. The van der Waals surface area contributed by atoms with E-state index in [1.54, 1.807) is 0 Å². The number of rotatable bonds is 5. The molecule has 0 radical (unpaired) electrons. The van der Waals surface area contributed by atoms with E-state index in [2.05, 4.69) is 24.5 Å². The van der Waals surface area contributed by atoms with Gasteiger partial charge in [-0.05, 0) is 31.1 Å². The lowest BCUT2D eigenvalue weighted by atomic mass is 9.79. The van der Waals surface area contributed by atoms with Gasteiger partial charge in [-0.1, -0.05) is 13.8 Å². The number of carbonyl (C=O) groups is 3. The van der Waals surface area contributed by atoms with Gasteiger partial charge < -0.3 is 21.5 Å². The third-order valence-electron chi connectivity index (χ3n) is 3.94. The van der Waals surface area contributed by atoms with E-state index in [-0.39, 0.29) is 6.04 Å². The minimum Gasteiger partial charge on any atom is -0.480 e. The summed E-state index contributed by atoms with van der Waals surface area (Å²) in [6, 6.07) is -1.80. The molecule has 3 amide bonds. The second-order valence-electron chi connectivity index (χ2n) is 5.64. The molecule has 1 aliphatic carbocycles. The molecule has 1 rings (SSSR count). The summed E-state index contributed by atoms with van der Waals surface area (Å²) >= 11 is 0. The second-order valence-corrected chi connectivity index (χ2v) is 5.64. The average molecular weight is 285 g/mol. The molecule has 20 heavy (non-hydrogen) atoms. The lowest BCUT2D eigenvalue weighted by Gasteiger charge is -2.32. The van der Waals surface area contributed by atoms with Crippen LogP contribution >= 0.6 is 0 Å². The number of carbonyl (C=O) groups excluding carboxylic acids is 2. The van der Waals surface area contributed by atoms with E-state index in [0.717, 1.165) is 19.3 Å². The predicted octanol–water partition coefficient (Wildman–Crippen LogP) is 0.439. The Hall–Kier alpha value is -1.79. The molecule has 0 aliphatic heterocycles. The van der Waals surface area contributed by atoms with Crippen molar-refractivity contribution in [1.82, 2.24) is 10.6 Å². The van der Waals surface area contributed by atoms with E-state index in [0.29, 0.717) is 11.8 Å². The van der Waals surface area contributed by atoms with Crippen molar-refractivity contribution in [2.45, 2.75) is 51.6 Å². The first kappa shape index (κ1) is 16.3. The Morgan fingerprint density at radius 1 is 1.25 bits per heavy atom. The van der Waals surface area contributed by atoms with Crippen LogP contribution < -0.4 is 16.4 Å². The van der Waals surface area contributed by atoms with Crippen LogP contribution in [0, 0.1) is 11.8 Å². The fourth-order valence-corrected chi connectivity index (χ4v) is 2.47. The maximum absolute atomic E-state index is 11.8. The van der Waals surface area contributed by atoms with Crippen LogP contribution in [0.4, 0.5) is 4.79 Å². The highest BCUT2D eigenvalue weighted by atomic mass is 16.4. The van der Waals surface area contributed by atoms with Gasteiger partial charge in [0.15, 0.2) is 0 Å². The van der Waals surface area contributed by atoms with Crippen LogP contribution in [-0.2, 0) is 9.59 Å². The summed E-state index contributed by atoms with van der Waals surface area (Å²) < 4.78 is 0. The first-order valence-corrected chi connectivity index (χ1v) is 6.87. The molecule has 3 unspecified atom stereocenters. The van der Waals surface area contributed by atoms with E-state index in [4.69, 9.17) is 10.8 Å². The molecule has 0 spiro atoms. The SMILES string of the molecule is CC1CCC(NC(=O)N[C@@H](CC(N)=O)C(=O)O)CC1C. The Balaban J connectivity index is 2.45. The third kappa shape index (κ3) is 5.07. The number of urea groups is 1. The number of primary amides is 1. The van der Waals surface area contributed by atoms with Crippen molar-refractivity contribution in [2.24, 2.45) is 17.6 Å². The van der Waals surface area contributed by atoms with Crippen LogP contribution in [0.1, 0.15) is 39.5 Å². The third-order valence-corrected chi connectivity index (χ3v) is 3.94. The molecule has 0 aromatic heterocycles. The Kier molecular flexibility index (Phi) is 5.79. The number of carboxylic acid groups (broad SMARTS) is 1. The molecule has 4 atom stereocenters. The topological polar surface area (TPSA) is 122 Å². The van der Waals surface area contributed by atoms with E-state index >= 15 is 0 Å². The van der Waals surface area contributed by atoms with Gasteiger partial charge in [-0.15, -0.1) is 0 Å². The zero-order chi connectivity index (χ0) is 15.3. The molecular weight excluding hydrogens is 262 g/mol. The number of amides is 3. The minimum absolute atomic E-state index is 0.0456. The highest BCUT2D eigenvalue weighted by Crippen LogP contribution is 2.29. The van der Waals surface area contributed by atoms with Gasteiger partial charge in [0.1, 0.15) is 6.04 Å². The summed E-state index contributed by atoms with van der Waals surface area (Å²) in [4.78, 5) is 33.4. The maximum atomic E-state index is 11.8. The van der Waals surface area contributed by atoms with Gasteiger partial charge in [0.05, 0.1) is 6.42 Å². The van der Waals surface area contributed by atoms with Crippen LogP contribution in [-0.4, -0.2) is 35.1 Å². The maximum Gasteiger partial charge on any atom is 0.326 e. The molecule has 1 saturated carbocycles. The zero-order valence-corrected chi connectivity index (χ0v) is 11.9. The fraction of sp³-hybridized carbons (Fsp3) is 0.769. The second kappa shape index (κ2) is 7.12. The van der Waals surface area contributed by atoms with Crippen molar-refractivity contribution in [3.8, 4) is 0 Å². The van der Waals surface area contributed by atoms with Crippen molar-refractivity contribution in [2.75, 3.05) is 0 Å². The molecule has 7 heteroatoms. The van der Waals surface area contributed by atoms with Crippen LogP contribution in [0.3, 0.4) is 0 Å². The number of hydrogen-bond acceptors (Lipinski definition) is 3. The highest BCUT2D eigenvalue weighted by Gasteiger charge is 2.27. The molecule has 1 fully saturated rings. The van der Waals surface area contributed by atoms with Gasteiger partial charge in [0.25, 0.3) is 0 Å². The molecule has 7 nitrogen and oxygen atoms in total. The van der Waals surface area contributed by atoms with E-state index in [1.165, 1.54) is 0 Å². The van der Waals surface area contributed by atoms with Gasteiger partial charge >= 0.3 is 12.0 Å². The molecule has 0 bridgehead atoms.